The van der Waals surface area contributed by atoms with E-state index in [0.717, 1.165) is 42.6 Å². The topological polar surface area (TPSA) is 69.7 Å². The highest BCUT2D eigenvalue weighted by Gasteiger charge is 2.28. The second-order valence-corrected chi connectivity index (χ2v) is 9.17. The Kier molecular flexibility index (Phi) is 8.29. The summed E-state index contributed by atoms with van der Waals surface area (Å²) in [5.41, 5.74) is 3.70. The Morgan fingerprint density at radius 3 is 1.87 bits per heavy atom. The van der Waals surface area contributed by atoms with Gasteiger partial charge in [-0.3, -0.25) is 9.10 Å². The highest BCUT2D eigenvalue weighted by molar-refractivity contribution is 7.92. The fourth-order valence-electron chi connectivity index (χ4n) is 3.44. The number of sulfonamides is 1. The van der Waals surface area contributed by atoms with E-state index in [4.69, 9.17) is 0 Å². The minimum absolute atomic E-state index is 0.340. The van der Waals surface area contributed by atoms with Crippen molar-refractivity contribution in [1.82, 2.24) is 5.32 Å². The molecule has 164 valence electrons. The van der Waals surface area contributed by atoms with E-state index in [1.165, 1.54) is 4.31 Å². The molecule has 0 saturated carbocycles. The highest BCUT2D eigenvalue weighted by atomic mass is 32.2. The lowest BCUT2D eigenvalue weighted by atomic mass is 10.1. The first-order valence-corrected chi connectivity index (χ1v) is 12.3. The van der Waals surface area contributed by atoms with E-state index in [1.807, 2.05) is 43.3 Å². The van der Waals surface area contributed by atoms with Crippen molar-refractivity contribution in [1.29, 1.82) is 0 Å². The average Bonchev–Trinajstić information content (AvgIpc) is 2.73. The van der Waals surface area contributed by atoms with Gasteiger partial charge in [0.2, 0.25) is 15.9 Å². The molecule has 0 aliphatic heterocycles. The third-order valence-electron chi connectivity index (χ3n) is 5.22. The van der Waals surface area contributed by atoms with Crippen molar-refractivity contribution in [3.05, 3.63) is 59.7 Å². The van der Waals surface area contributed by atoms with E-state index in [1.54, 1.807) is 19.1 Å². The number of hydrogen-bond donors (Lipinski definition) is 1. The van der Waals surface area contributed by atoms with Gasteiger partial charge in [0, 0.05) is 25.3 Å². The normalized spacial score (nSPS) is 12.3. The molecule has 6 nitrogen and oxygen atoms in total. The maximum absolute atomic E-state index is 12.7. The molecule has 0 aliphatic carbocycles. The van der Waals surface area contributed by atoms with Crippen molar-refractivity contribution < 1.29 is 13.2 Å². The first-order chi connectivity index (χ1) is 14.2. The van der Waals surface area contributed by atoms with Crippen LogP contribution in [0.25, 0.3) is 0 Å². The van der Waals surface area contributed by atoms with Gasteiger partial charge < -0.3 is 10.2 Å². The van der Waals surface area contributed by atoms with Crippen LogP contribution >= 0.6 is 0 Å². The summed E-state index contributed by atoms with van der Waals surface area (Å²) in [5, 5.41) is 2.86. The van der Waals surface area contributed by atoms with Gasteiger partial charge >= 0.3 is 0 Å². The van der Waals surface area contributed by atoms with Crippen LogP contribution in [0.1, 0.15) is 38.8 Å². The molecule has 0 fully saturated rings. The zero-order chi connectivity index (χ0) is 22.3. The number of nitrogens with one attached hydrogen (secondary N) is 1. The first-order valence-electron chi connectivity index (χ1n) is 10.4. The number of hydrogen-bond acceptors (Lipinski definition) is 4. The van der Waals surface area contributed by atoms with Crippen LogP contribution in [0, 0.1) is 0 Å². The fraction of sp³-hybridized carbons (Fsp3) is 0.435. The Bertz CT molecular complexity index is 921. The minimum Gasteiger partial charge on any atom is -0.372 e. The second kappa shape index (κ2) is 10.5. The van der Waals surface area contributed by atoms with Crippen LogP contribution < -0.4 is 14.5 Å². The Labute approximate surface area is 180 Å². The van der Waals surface area contributed by atoms with Gasteiger partial charge in [0.15, 0.2) is 0 Å². The van der Waals surface area contributed by atoms with E-state index in [-0.39, 0.29) is 5.91 Å². The second-order valence-electron chi connectivity index (χ2n) is 7.31. The van der Waals surface area contributed by atoms with Gasteiger partial charge in [-0.2, -0.15) is 0 Å². The van der Waals surface area contributed by atoms with Gasteiger partial charge in [-0.1, -0.05) is 31.2 Å². The van der Waals surface area contributed by atoms with Crippen LogP contribution in [0.3, 0.4) is 0 Å². The van der Waals surface area contributed by atoms with E-state index in [2.05, 4.69) is 24.1 Å². The minimum atomic E-state index is -3.62. The van der Waals surface area contributed by atoms with Gasteiger partial charge in [-0.05, 0) is 62.6 Å². The lowest BCUT2D eigenvalue weighted by Crippen LogP contribution is -2.47. The van der Waals surface area contributed by atoms with Crippen LogP contribution in [0.2, 0.25) is 0 Å². The summed E-state index contributed by atoms with van der Waals surface area (Å²) >= 11 is 0. The Morgan fingerprint density at radius 1 is 0.900 bits per heavy atom. The summed E-state index contributed by atoms with van der Waals surface area (Å²) in [4.78, 5) is 15.0. The number of amides is 1. The summed E-state index contributed by atoms with van der Waals surface area (Å²) in [5.74, 6) is -0.340. The molecule has 0 unspecified atom stereocenters. The number of nitrogens with zero attached hydrogens (tertiary/aromatic N) is 2. The number of aryl methyl sites for hydroxylation is 1. The largest absolute Gasteiger partial charge is 0.372 e. The molecule has 2 aromatic carbocycles. The third-order valence-corrected chi connectivity index (χ3v) is 6.46. The molecule has 0 aliphatic rings. The van der Waals surface area contributed by atoms with Crippen LogP contribution in [0.5, 0.6) is 0 Å². The SMILES string of the molecule is CCc1ccc(N([C@H](C)C(=O)NCc2ccc(N(CC)CC)cc2)S(C)(=O)=O)cc1. The molecule has 1 amide bonds. The monoisotopic (exact) mass is 431 g/mol. The Balaban J connectivity index is 2.10. The van der Waals surface area contributed by atoms with E-state index in [0.29, 0.717) is 12.2 Å². The number of rotatable bonds is 10. The number of carbonyl (C=O) groups is 1. The molecule has 0 aromatic heterocycles. The quantitative estimate of drug-likeness (QED) is 0.624. The predicted octanol–water partition coefficient (Wildman–Crippen LogP) is 3.57. The Hall–Kier alpha value is -2.54. The van der Waals surface area contributed by atoms with Crippen LogP contribution in [0.15, 0.2) is 48.5 Å². The van der Waals surface area contributed by atoms with Crippen LogP contribution in [-0.4, -0.2) is 39.7 Å². The zero-order valence-corrected chi connectivity index (χ0v) is 19.4. The maximum atomic E-state index is 12.7. The number of carbonyl (C=O) groups excluding carboxylic acids is 1. The fourth-order valence-corrected chi connectivity index (χ4v) is 4.61. The molecule has 2 rings (SSSR count). The molecule has 1 atom stereocenters. The lowest BCUT2D eigenvalue weighted by molar-refractivity contribution is -0.122. The first kappa shape index (κ1) is 23.7. The third kappa shape index (κ3) is 5.98. The predicted molar refractivity (Wildman–Crippen MR) is 124 cm³/mol. The van der Waals surface area contributed by atoms with Crippen molar-refractivity contribution in [2.75, 3.05) is 28.6 Å². The van der Waals surface area contributed by atoms with Gasteiger partial charge in [0.1, 0.15) is 6.04 Å². The van der Waals surface area contributed by atoms with Crippen molar-refractivity contribution >= 4 is 27.3 Å². The molecule has 0 radical (unpaired) electrons. The molecule has 0 bridgehead atoms. The summed E-state index contributed by atoms with van der Waals surface area (Å²) in [6, 6.07) is 14.4. The van der Waals surface area contributed by atoms with Crippen molar-refractivity contribution in [2.45, 2.75) is 46.7 Å². The molecule has 7 heteroatoms. The van der Waals surface area contributed by atoms with E-state index < -0.39 is 16.1 Å². The van der Waals surface area contributed by atoms with Gasteiger partial charge in [-0.15, -0.1) is 0 Å². The smallest absolute Gasteiger partial charge is 0.243 e. The standard InChI is InChI=1S/C23H33N3O3S/c1-6-19-9-15-22(16-10-19)26(30(5,28)29)18(4)23(27)24-17-20-11-13-21(14-12-20)25(7-2)8-3/h9-16,18H,6-8,17H2,1-5H3,(H,24,27)/t18-/m1/s1. The molecule has 0 spiro atoms. The molecule has 30 heavy (non-hydrogen) atoms. The molecule has 1 N–H and O–H groups in total. The molecular formula is C23H33N3O3S. The average molecular weight is 432 g/mol. The summed E-state index contributed by atoms with van der Waals surface area (Å²) in [6.07, 6.45) is 1.98. The Morgan fingerprint density at radius 2 is 1.40 bits per heavy atom. The molecule has 0 heterocycles. The summed E-state index contributed by atoms with van der Waals surface area (Å²) in [7, 11) is -3.62. The zero-order valence-electron chi connectivity index (χ0n) is 18.6. The number of benzene rings is 2. The lowest BCUT2D eigenvalue weighted by Gasteiger charge is -2.28. The highest BCUT2D eigenvalue weighted by Crippen LogP contribution is 2.22. The summed E-state index contributed by atoms with van der Waals surface area (Å²) < 4.78 is 26.0. The van der Waals surface area contributed by atoms with Gasteiger partial charge in [0.25, 0.3) is 0 Å². The van der Waals surface area contributed by atoms with E-state index >= 15 is 0 Å². The van der Waals surface area contributed by atoms with Gasteiger partial charge in [-0.25, -0.2) is 8.42 Å². The number of anilines is 2. The van der Waals surface area contributed by atoms with Crippen molar-refractivity contribution in [2.24, 2.45) is 0 Å². The molecule has 0 saturated heterocycles. The summed E-state index contributed by atoms with van der Waals surface area (Å²) in [6.45, 7) is 10.1. The van der Waals surface area contributed by atoms with Crippen molar-refractivity contribution in [3.8, 4) is 0 Å². The molecule has 2 aromatic rings. The van der Waals surface area contributed by atoms with E-state index in [9.17, 15) is 13.2 Å². The maximum Gasteiger partial charge on any atom is 0.243 e. The van der Waals surface area contributed by atoms with Crippen LogP contribution in [-0.2, 0) is 27.8 Å². The van der Waals surface area contributed by atoms with Gasteiger partial charge in [0.05, 0.1) is 11.9 Å². The molecular weight excluding hydrogens is 398 g/mol. The van der Waals surface area contributed by atoms with Crippen LogP contribution in [0.4, 0.5) is 11.4 Å². The van der Waals surface area contributed by atoms with Crippen molar-refractivity contribution in [3.63, 3.8) is 0 Å².